The molecule has 3 rings (SSSR count). The minimum atomic E-state index is -3.66. The highest BCUT2D eigenvalue weighted by Crippen LogP contribution is 2.23. The van der Waals surface area contributed by atoms with Gasteiger partial charge in [0.1, 0.15) is 17.7 Å². The molecule has 154 valence electrons. The Morgan fingerprint density at radius 3 is 2.66 bits per heavy atom. The molecule has 2 aromatic carbocycles. The molecular weight excluding hydrogens is 393 g/mol. The third-order valence-electron chi connectivity index (χ3n) is 4.73. The van der Waals surface area contributed by atoms with E-state index in [2.05, 4.69) is 15.0 Å². The fraction of sp³-hybridized carbons (Fsp3) is 0.333. The molecule has 8 heteroatoms. The van der Waals surface area contributed by atoms with E-state index in [9.17, 15) is 17.6 Å². The lowest BCUT2D eigenvalue weighted by Gasteiger charge is -2.14. The first-order valence-corrected chi connectivity index (χ1v) is 11.1. The Morgan fingerprint density at radius 1 is 1.17 bits per heavy atom. The maximum atomic E-state index is 13.7. The maximum absolute atomic E-state index is 13.7. The molecule has 2 N–H and O–H groups in total. The van der Waals surface area contributed by atoms with Crippen molar-refractivity contribution in [2.75, 3.05) is 6.54 Å². The number of fused-ring (bicyclic) bond motifs is 1. The molecule has 1 heterocycles. The first kappa shape index (κ1) is 21.0. The summed E-state index contributed by atoms with van der Waals surface area (Å²) in [6.07, 6.45) is 2.52. The smallest absolute Gasteiger partial charge is 0.263 e. The Labute approximate surface area is 170 Å². The summed E-state index contributed by atoms with van der Waals surface area (Å²) in [5, 5.41) is 2.80. The summed E-state index contributed by atoms with van der Waals surface area (Å²) >= 11 is 0. The molecule has 1 unspecified atom stereocenters. The number of halogens is 1. The Balaban J connectivity index is 1.73. The average molecular weight is 418 g/mol. The Kier molecular flexibility index (Phi) is 6.64. The number of aliphatic imine (C=N–C) groups is 1. The lowest BCUT2D eigenvalue weighted by atomic mass is 10.1. The van der Waals surface area contributed by atoms with Gasteiger partial charge in [0, 0.05) is 12.1 Å². The molecule has 29 heavy (non-hydrogen) atoms. The van der Waals surface area contributed by atoms with E-state index in [1.165, 1.54) is 12.1 Å². The quantitative estimate of drug-likeness (QED) is 0.692. The van der Waals surface area contributed by atoms with Gasteiger partial charge >= 0.3 is 0 Å². The molecular formula is C21H24FN3O3S. The zero-order chi connectivity index (χ0) is 20.9. The Bertz CT molecular complexity index is 1020. The van der Waals surface area contributed by atoms with Gasteiger partial charge in [-0.25, -0.2) is 12.8 Å². The fourth-order valence-electron chi connectivity index (χ4n) is 3.18. The number of hydrogen-bond acceptors (Lipinski definition) is 4. The van der Waals surface area contributed by atoms with Gasteiger partial charge in [0.05, 0.1) is 4.90 Å². The van der Waals surface area contributed by atoms with Crippen molar-refractivity contribution in [1.29, 1.82) is 0 Å². The van der Waals surface area contributed by atoms with Gasteiger partial charge in [0.25, 0.3) is 10.0 Å². The second kappa shape index (κ2) is 9.17. The van der Waals surface area contributed by atoms with E-state index in [1.807, 2.05) is 6.92 Å². The predicted octanol–water partition coefficient (Wildman–Crippen LogP) is 2.78. The zero-order valence-electron chi connectivity index (χ0n) is 16.2. The highest BCUT2D eigenvalue weighted by Gasteiger charge is 2.31. The van der Waals surface area contributed by atoms with Gasteiger partial charge in [-0.2, -0.15) is 0 Å². The van der Waals surface area contributed by atoms with Crippen molar-refractivity contribution in [3.8, 4) is 0 Å². The molecule has 1 aliphatic heterocycles. The summed E-state index contributed by atoms with van der Waals surface area (Å²) in [5.74, 6) is -0.418. The summed E-state index contributed by atoms with van der Waals surface area (Å²) < 4.78 is 40.7. The van der Waals surface area contributed by atoms with Crippen LogP contribution < -0.4 is 10.0 Å². The van der Waals surface area contributed by atoms with Gasteiger partial charge in [-0.15, -0.1) is 0 Å². The van der Waals surface area contributed by atoms with Crippen LogP contribution in [-0.2, 0) is 21.2 Å². The van der Waals surface area contributed by atoms with Gasteiger partial charge in [-0.3, -0.25) is 14.5 Å². The van der Waals surface area contributed by atoms with Crippen molar-refractivity contribution in [3.63, 3.8) is 0 Å². The number of carbonyl (C=O) groups excluding carboxylic acids is 1. The second-order valence-electron chi connectivity index (χ2n) is 6.87. The SMILES string of the molecule is CCCCC(N=C1NS(=O)(=O)c2ccccc21)C(=O)NCCc1ccccc1F. The van der Waals surface area contributed by atoms with Crippen molar-refractivity contribution >= 4 is 21.8 Å². The van der Waals surface area contributed by atoms with Crippen molar-refractivity contribution in [2.45, 2.75) is 43.5 Å². The van der Waals surface area contributed by atoms with Crippen LogP contribution in [0.1, 0.15) is 37.3 Å². The van der Waals surface area contributed by atoms with Gasteiger partial charge in [0.15, 0.2) is 0 Å². The number of sulfonamides is 1. The normalized spacial score (nSPS) is 16.8. The predicted molar refractivity (Wildman–Crippen MR) is 110 cm³/mol. The van der Waals surface area contributed by atoms with Crippen molar-refractivity contribution in [3.05, 3.63) is 65.5 Å². The highest BCUT2D eigenvalue weighted by atomic mass is 32.2. The third-order valence-corrected chi connectivity index (χ3v) is 6.13. The van der Waals surface area contributed by atoms with Gasteiger partial charge in [-0.05, 0) is 36.6 Å². The topological polar surface area (TPSA) is 87.6 Å². The molecule has 0 radical (unpaired) electrons. The van der Waals surface area contributed by atoms with Crippen LogP contribution in [0, 0.1) is 5.82 Å². The van der Waals surface area contributed by atoms with Gasteiger partial charge in [-0.1, -0.05) is 50.1 Å². The molecule has 0 aliphatic carbocycles. The number of rotatable bonds is 8. The van der Waals surface area contributed by atoms with E-state index in [1.54, 1.807) is 36.4 Å². The fourth-order valence-corrected chi connectivity index (χ4v) is 4.42. The first-order valence-electron chi connectivity index (χ1n) is 9.63. The van der Waals surface area contributed by atoms with Crippen LogP contribution in [0.25, 0.3) is 0 Å². The van der Waals surface area contributed by atoms with E-state index in [4.69, 9.17) is 0 Å². The lowest BCUT2D eigenvalue weighted by molar-refractivity contribution is -0.122. The number of hydrogen-bond donors (Lipinski definition) is 2. The molecule has 0 spiro atoms. The molecule has 1 atom stereocenters. The van der Waals surface area contributed by atoms with E-state index >= 15 is 0 Å². The summed E-state index contributed by atoms with van der Waals surface area (Å²) in [5.41, 5.74) is 0.995. The zero-order valence-corrected chi connectivity index (χ0v) is 17.0. The number of unbranched alkanes of at least 4 members (excludes halogenated alkanes) is 1. The molecule has 0 saturated carbocycles. The summed E-state index contributed by atoms with van der Waals surface area (Å²) in [6, 6.07) is 12.3. The van der Waals surface area contributed by atoms with Crippen molar-refractivity contribution < 1.29 is 17.6 Å². The Hall–Kier alpha value is -2.74. The molecule has 0 aromatic heterocycles. The van der Waals surface area contributed by atoms with E-state index < -0.39 is 16.1 Å². The van der Waals surface area contributed by atoms with Crippen LogP contribution in [-0.4, -0.2) is 32.7 Å². The molecule has 6 nitrogen and oxygen atoms in total. The first-order chi connectivity index (χ1) is 13.9. The van der Waals surface area contributed by atoms with Crippen LogP contribution >= 0.6 is 0 Å². The summed E-state index contributed by atoms with van der Waals surface area (Å²) in [4.78, 5) is 17.3. The molecule has 0 fully saturated rings. The minimum Gasteiger partial charge on any atom is -0.354 e. The largest absolute Gasteiger partial charge is 0.354 e. The van der Waals surface area contributed by atoms with E-state index in [0.29, 0.717) is 24.0 Å². The Morgan fingerprint density at radius 2 is 1.90 bits per heavy atom. The van der Waals surface area contributed by atoms with Crippen molar-refractivity contribution in [1.82, 2.24) is 10.0 Å². The molecule has 1 amide bonds. The van der Waals surface area contributed by atoms with Crippen LogP contribution in [0.15, 0.2) is 58.4 Å². The minimum absolute atomic E-state index is 0.160. The molecule has 0 bridgehead atoms. The second-order valence-corrected chi connectivity index (χ2v) is 8.52. The summed E-state index contributed by atoms with van der Waals surface area (Å²) in [7, 11) is -3.66. The number of amides is 1. The number of nitrogens with zero attached hydrogens (tertiary/aromatic N) is 1. The highest BCUT2D eigenvalue weighted by molar-refractivity contribution is 7.90. The maximum Gasteiger partial charge on any atom is 0.263 e. The number of carbonyl (C=O) groups is 1. The van der Waals surface area contributed by atoms with E-state index in [0.717, 1.165) is 12.8 Å². The van der Waals surface area contributed by atoms with Crippen LogP contribution in [0.3, 0.4) is 0 Å². The third kappa shape index (κ3) is 5.00. The average Bonchev–Trinajstić information content (AvgIpc) is 2.97. The number of benzene rings is 2. The van der Waals surface area contributed by atoms with Crippen LogP contribution in [0.2, 0.25) is 0 Å². The number of nitrogens with one attached hydrogen (secondary N) is 2. The van der Waals surface area contributed by atoms with Gasteiger partial charge < -0.3 is 5.32 Å². The lowest BCUT2D eigenvalue weighted by Crippen LogP contribution is -2.36. The molecule has 1 aliphatic rings. The molecule has 0 saturated heterocycles. The number of amidine groups is 1. The van der Waals surface area contributed by atoms with Crippen LogP contribution in [0.5, 0.6) is 0 Å². The summed E-state index contributed by atoms with van der Waals surface area (Å²) in [6.45, 7) is 2.28. The standard InChI is InChI=1S/C21H24FN3O3S/c1-2-3-11-18(21(26)23-14-13-15-8-4-6-10-17(15)22)24-20-16-9-5-7-12-19(16)29(27,28)25-20/h4-10,12,18H,2-3,11,13-14H2,1H3,(H,23,26)(H,24,25). The van der Waals surface area contributed by atoms with E-state index in [-0.39, 0.29) is 29.0 Å². The molecule has 2 aromatic rings. The monoisotopic (exact) mass is 417 g/mol. The van der Waals surface area contributed by atoms with Crippen LogP contribution in [0.4, 0.5) is 4.39 Å². The van der Waals surface area contributed by atoms with Crippen molar-refractivity contribution in [2.24, 2.45) is 4.99 Å². The van der Waals surface area contributed by atoms with Gasteiger partial charge in [0.2, 0.25) is 5.91 Å².